The van der Waals surface area contributed by atoms with Gasteiger partial charge in [0.25, 0.3) is 0 Å². The molecule has 3 heterocycles. The quantitative estimate of drug-likeness (QED) is 0.423. The Kier molecular flexibility index (Phi) is 6.59. The molecule has 1 saturated heterocycles. The Morgan fingerprint density at radius 3 is 2.33 bits per heavy atom. The molecule has 1 aliphatic rings. The summed E-state index contributed by atoms with van der Waals surface area (Å²) >= 11 is 3.29. The highest BCUT2D eigenvalue weighted by atomic mass is 79.9. The van der Waals surface area contributed by atoms with Crippen molar-refractivity contribution in [3.05, 3.63) is 4.73 Å². The average molecular weight is 481 g/mol. The monoisotopic (exact) mass is 480 g/mol. The van der Waals surface area contributed by atoms with Crippen LogP contribution in [-0.4, -0.2) is 93.6 Å². The van der Waals surface area contributed by atoms with Crippen molar-refractivity contribution in [2.45, 2.75) is 13.8 Å². The van der Waals surface area contributed by atoms with Crippen molar-refractivity contribution in [2.75, 3.05) is 49.1 Å². The summed E-state index contributed by atoms with van der Waals surface area (Å²) in [6.45, 7) is 5.08. The van der Waals surface area contributed by atoms with Crippen LogP contribution in [0.15, 0.2) is 4.73 Å². The number of fused-ring (bicyclic) bond motifs is 1. The fraction of sp³-hybridized carbons (Fsp3) is 0.471. The molecular weight excluding hydrogens is 460 g/mol. The summed E-state index contributed by atoms with van der Waals surface area (Å²) in [5, 5.41) is 0. The van der Waals surface area contributed by atoms with Crippen molar-refractivity contribution in [3.8, 4) is 0 Å². The minimum Gasteiger partial charge on any atom is -0.351 e. The first kappa shape index (κ1) is 21.6. The van der Waals surface area contributed by atoms with Crippen molar-refractivity contribution < 1.29 is 19.2 Å². The van der Waals surface area contributed by atoms with Gasteiger partial charge in [0.05, 0.1) is 0 Å². The zero-order valence-electron chi connectivity index (χ0n) is 16.5. The van der Waals surface area contributed by atoms with E-state index in [4.69, 9.17) is 0 Å². The molecule has 0 bridgehead atoms. The smallest absolute Gasteiger partial charge is 0.236 e. The first-order valence-electron chi connectivity index (χ1n) is 9.22. The number of nitrogens with zero attached hydrogens (tertiary/aromatic N) is 7. The number of hydrogen-bond acceptors (Lipinski definition) is 8. The van der Waals surface area contributed by atoms with Crippen LogP contribution in [-0.2, 0) is 19.2 Å². The van der Waals surface area contributed by atoms with Gasteiger partial charge in [0.15, 0.2) is 16.2 Å². The van der Waals surface area contributed by atoms with Crippen LogP contribution in [0.3, 0.4) is 0 Å². The lowest BCUT2D eigenvalue weighted by atomic mass is 10.3. The first-order chi connectivity index (χ1) is 14.3. The number of aromatic nitrogens is 4. The molecule has 2 aromatic heterocycles. The third kappa shape index (κ3) is 4.56. The molecule has 2 aromatic rings. The number of imide groups is 1. The fourth-order valence-corrected chi connectivity index (χ4v) is 3.50. The van der Waals surface area contributed by atoms with Crippen LogP contribution < -0.4 is 9.80 Å². The maximum Gasteiger partial charge on any atom is 0.236 e. The predicted octanol–water partition coefficient (Wildman–Crippen LogP) is -0.248. The number of imidazole rings is 1. The molecule has 1 N–H and O–H groups in total. The summed E-state index contributed by atoms with van der Waals surface area (Å²) in [7, 11) is 0. The highest BCUT2D eigenvalue weighted by molar-refractivity contribution is 9.10. The summed E-state index contributed by atoms with van der Waals surface area (Å²) in [6, 6.07) is 0. The number of piperazine rings is 1. The van der Waals surface area contributed by atoms with Crippen LogP contribution in [0.5, 0.6) is 0 Å². The summed E-state index contributed by atoms with van der Waals surface area (Å²) in [6.07, 6.45) is 0.962. The van der Waals surface area contributed by atoms with E-state index < -0.39 is 5.91 Å². The van der Waals surface area contributed by atoms with Gasteiger partial charge in [0.2, 0.25) is 30.6 Å². The fourth-order valence-electron chi connectivity index (χ4n) is 3.13. The summed E-state index contributed by atoms with van der Waals surface area (Å²) in [5.41, 5.74) is 0.965. The largest absolute Gasteiger partial charge is 0.351 e. The predicted molar refractivity (Wildman–Crippen MR) is 111 cm³/mol. The van der Waals surface area contributed by atoms with Crippen molar-refractivity contribution in [1.82, 2.24) is 29.7 Å². The lowest BCUT2D eigenvalue weighted by Gasteiger charge is -2.35. The number of anilines is 2. The van der Waals surface area contributed by atoms with E-state index in [1.165, 1.54) is 18.7 Å². The molecule has 12 nitrogen and oxygen atoms in total. The standard InChI is InChI=1S/C17H21BrN8O4/c1-11(29)23-3-5-24(6-4-23)15-13-14(20-16(18)19-13)21-17(22-15)26(10-28)8-7-25(9-27)12(2)30/h9-10H,3-8H2,1-2H3,(H,19,20,21,22). The molecule has 0 saturated carbocycles. The maximum atomic E-state index is 11.7. The Labute approximate surface area is 180 Å². The number of H-pyrrole nitrogens is 1. The van der Waals surface area contributed by atoms with Gasteiger partial charge in [-0.3, -0.25) is 29.0 Å². The van der Waals surface area contributed by atoms with Crippen LogP contribution >= 0.6 is 15.9 Å². The maximum absolute atomic E-state index is 11.7. The molecule has 0 aromatic carbocycles. The normalized spacial score (nSPS) is 14.0. The van der Waals surface area contributed by atoms with Crippen molar-refractivity contribution >= 4 is 63.5 Å². The molecule has 30 heavy (non-hydrogen) atoms. The number of carbonyl (C=O) groups is 4. The zero-order valence-corrected chi connectivity index (χ0v) is 18.1. The first-order valence-corrected chi connectivity index (χ1v) is 10.0. The molecule has 0 spiro atoms. The summed E-state index contributed by atoms with van der Waals surface area (Å²) in [5.74, 6) is 0.259. The number of amides is 4. The van der Waals surface area contributed by atoms with Crippen LogP contribution in [0.1, 0.15) is 13.8 Å². The van der Waals surface area contributed by atoms with E-state index in [1.807, 2.05) is 4.90 Å². The second kappa shape index (κ2) is 9.15. The Balaban J connectivity index is 1.90. The highest BCUT2D eigenvalue weighted by Crippen LogP contribution is 2.27. The molecule has 3 rings (SSSR count). The third-order valence-corrected chi connectivity index (χ3v) is 5.19. The van der Waals surface area contributed by atoms with Crippen LogP contribution in [0.25, 0.3) is 11.2 Å². The van der Waals surface area contributed by atoms with E-state index >= 15 is 0 Å². The molecule has 1 aliphatic heterocycles. The number of aromatic amines is 1. The van der Waals surface area contributed by atoms with E-state index in [0.29, 0.717) is 60.7 Å². The number of nitrogens with one attached hydrogen (secondary N) is 1. The molecule has 0 unspecified atom stereocenters. The molecule has 0 atom stereocenters. The third-order valence-electron chi connectivity index (χ3n) is 4.81. The van der Waals surface area contributed by atoms with Gasteiger partial charge in [-0.1, -0.05) is 0 Å². The second-order valence-electron chi connectivity index (χ2n) is 6.68. The Bertz CT molecular complexity index is 972. The van der Waals surface area contributed by atoms with Gasteiger partial charge in [-0.2, -0.15) is 9.97 Å². The Hall–Kier alpha value is -3.09. The lowest BCUT2D eigenvalue weighted by Crippen LogP contribution is -2.48. The van der Waals surface area contributed by atoms with Crippen LogP contribution in [0.4, 0.5) is 11.8 Å². The molecular formula is C17H21BrN8O4. The average Bonchev–Trinajstić information content (AvgIpc) is 3.10. The lowest BCUT2D eigenvalue weighted by molar-refractivity contribution is -0.136. The minimum atomic E-state index is -0.424. The minimum absolute atomic E-state index is 0.00977. The molecule has 4 amide bonds. The Morgan fingerprint density at radius 2 is 1.77 bits per heavy atom. The topological polar surface area (TPSA) is 136 Å². The Morgan fingerprint density at radius 1 is 1.07 bits per heavy atom. The highest BCUT2D eigenvalue weighted by Gasteiger charge is 2.25. The number of carbonyl (C=O) groups excluding carboxylic acids is 4. The van der Waals surface area contributed by atoms with Gasteiger partial charge in [-0.25, -0.2) is 4.98 Å². The number of halogens is 1. The van der Waals surface area contributed by atoms with Gasteiger partial charge in [-0.15, -0.1) is 0 Å². The zero-order chi connectivity index (χ0) is 21.8. The van der Waals surface area contributed by atoms with Crippen molar-refractivity contribution in [3.63, 3.8) is 0 Å². The van der Waals surface area contributed by atoms with Gasteiger partial charge < -0.3 is 14.8 Å². The van der Waals surface area contributed by atoms with E-state index in [0.717, 1.165) is 4.90 Å². The molecule has 13 heteroatoms. The van der Waals surface area contributed by atoms with E-state index in [2.05, 4.69) is 35.9 Å². The molecule has 1 fully saturated rings. The molecule has 0 aliphatic carbocycles. The van der Waals surface area contributed by atoms with Gasteiger partial charge in [0.1, 0.15) is 5.52 Å². The van der Waals surface area contributed by atoms with Crippen LogP contribution in [0, 0.1) is 0 Å². The van der Waals surface area contributed by atoms with Crippen LogP contribution in [0.2, 0.25) is 0 Å². The van der Waals surface area contributed by atoms with E-state index in [-0.39, 0.29) is 24.9 Å². The summed E-state index contributed by atoms with van der Waals surface area (Å²) < 4.78 is 0.467. The summed E-state index contributed by atoms with van der Waals surface area (Å²) in [4.78, 5) is 67.9. The van der Waals surface area contributed by atoms with Gasteiger partial charge >= 0.3 is 0 Å². The van der Waals surface area contributed by atoms with Crippen molar-refractivity contribution in [2.24, 2.45) is 0 Å². The number of rotatable bonds is 7. The molecule has 160 valence electrons. The van der Waals surface area contributed by atoms with Gasteiger partial charge in [0, 0.05) is 53.1 Å². The van der Waals surface area contributed by atoms with E-state index in [1.54, 1.807) is 4.90 Å². The molecule has 0 radical (unpaired) electrons. The SMILES string of the molecule is CC(=O)N(C=O)CCN(C=O)c1nc(N2CCN(C(C)=O)CC2)c2[nH]c(Br)nc2n1. The second-order valence-corrected chi connectivity index (χ2v) is 7.43. The van der Waals surface area contributed by atoms with Crippen molar-refractivity contribution in [1.29, 1.82) is 0 Å². The number of hydrogen-bond donors (Lipinski definition) is 1. The van der Waals surface area contributed by atoms with E-state index in [9.17, 15) is 19.2 Å². The van der Waals surface area contributed by atoms with Gasteiger partial charge in [-0.05, 0) is 15.9 Å².